The van der Waals surface area contributed by atoms with E-state index < -0.39 is 24.6 Å². The zero-order valence-electron chi connectivity index (χ0n) is 10.9. The van der Waals surface area contributed by atoms with Gasteiger partial charge >= 0.3 is 12.1 Å². The van der Waals surface area contributed by atoms with E-state index in [1.165, 1.54) is 10.9 Å². The lowest BCUT2D eigenvalue weighted by Gasteiger charge is -2.05. The Balaban J connectivity index is 2.44. The van der Waals surface area contributed by atoms with Crippen LogP contribution in [0.2, 0.25) is 0 Å². The second-order valence-corrected chi connectivity index (χ2v) is 3.61. The highest BCUT2D eigenvalue weighted by atomic mass is 16.6. The standard InChI is InChI=1S/C11H15N3O5/c1-4-18-11(17)13-9(15)6-19-10(16)8-5-12-14(3)7(8)2/h5H,4,6H2,1-3H3,(H,13,15,17). The second kappa shape index (κ2) is 6.53. The highest BCUT2D eigenvalue weighted by molar-refractivity contribution is 5.95. The molecule has 2 amide bonds. The first-order chi connectivity index (χ1) is 8.95. The van der Waals surface area contributed by atoms with Crippen LogP contribution >= 0.6 is 0 Å². The van der Waals surface area contributed by atoms with Gasteiger partial charge in [-0.1, -0.05) is 0 Å². The molecule has 1 heterocycles. The summed E-state index contributed by atoms with van der Waals surface area (Å²) in [6.45, 7) is 2.89. The quantitative estimate of drug-likeness (QED) is 0.781. The van der Waals surface area contributed by atoms with E-state index in [0.717, 1.165) is 0 Å². The SMILES string of the molecule is CCOC(=O)NC(=O)COC(=O)c1cnn(C)c1C. The fourth-order valence-corrected chi connectivity index (χ4v) is 1.23. The van der Waals surface area contributed by atoms with Gasteiger partial charge in [0.2, 0.25) is 0 Å². The summed E-state index contributed by atoms with van der Waals surface area (Å²) in [5, 5.41) is 5.79. The van der Waals surface area contributed by atoms with Crippen molar-refractivity contribution >= 4 is 18.0 Å². The van der Waals surface area contributed by atoms with Gasteiger partial charge in [-0.05, 0) is 13.8 Å². The summed E-state index contributed by atoms with van der Waals surface area (Å²) >= 11 is 0. The summed E-state index contributed by atoms with van der Waals surface area (Å²) in [5.74, 6) is -1.43. The van der Waals surface area contributed by atoms with Gasteiger partial charge in [0.1, 0.15) is 5.56 Å². The van der Waals surface area contributed by atoms with Gasteiger partial charge in [-0.15, -0.1) is 0 Å². The lowest BCUT2D eigenvalue weighted by Crippen LogP contribution is -2.34. The number of aryl methyl sites for hydroxylation is 1. The number of esters is 1. The number of amides is 2. The Morgan fingerprint density at radius 3 is 2.58 bits per heavy atom. The van der Waals surface area contributed by atoms with E-state index in [4.69, 9.17) is 4.74 Å². The van der Waals surface area contributed by atoms with E-state index in [9.17, 15) is 14.4 Å². The molecule has 0 aliphatic rings. The van der Waals surface area contributed by atoms with Crippen LogP contribution in [0.3, 0.4) is 0 Å². The van der Waals surface area contributed by atoms with E-state index in [1.807, 2.05) is 5.32 Å². The number of nitrogens with one attached hydrogen (secondary N) is 1. The average molecular weight is 269 g/mol. The Morgan fingerprint density at radius 2 is 2.05 bits per heavy atom. The Bertz CT molecular complexity index is 495. The summed E-state index contributed by atoms with van der Waals surface area (Å²) in [7, 11) is 1.68. The molecule has 0 aromatic carbocycles. The largest absolute Gasteiger partial charge is 0.452 e. The minimum atomic E-state index is -0.874. The lowest BCUT2D eigenvalue weighted by molar-refractivity contribution is -0.123. The number of carbonyl (C=O) groups is 3. The number of imide groups is 1. The third kappa shape index (κ3) is 4.09. The van der Waals surface area contributed by atoms with Crippen molar-refractivity contribution in [2.24, 2.45) is 7.05 Å². The fourth-order valence-electron chi connectivity index (χ4n) is 1.23. The molecule has 0 unspecified atom stereocenters. The predicted molar refractivity (Wildman–Crippen MR) is 63.4 cm³/mol. The number of aromatic nitrogens is 2. The van der Waals surface area contributed by atoms with Gasteiger partial charge < -0.3 is 9.47 Å². The highest BCUT2D eigenvalue weighted by Gasteiger charge is 2.16. The van der Waals surface area contributed by atoms with Crippen molar-refractivity contribution in [1.82, 2.24) is 15.1 Å². The molecule has 1 rings (SSSR count). The molecule has 0 bridgehead atoms. The van der Waals surface area contributed by atoms with Crippen LogP contribution in [-0.4, -0.2) is 41.0 Å². The second-order valence-electron chi connectivity index (χ2n) is 3.61. The normalized spacial score (nSPS) is 9.84. The van der Waals surface area contributed by atoms with Crippen molar-refractivity contribution in [2.45, 2.75) is 13.8 Å². The number of hydrogen-bond donors (Lipinski definition) is 1. The van der Waals surface area contributed by atoms with Crippen molar-refractivity contribution in [3.63, 3.8) is 0 Å². The molecule has 0 spiro atoms. The molecular formula is C11H15N3O5. The van der Waals surface area contributed by atoms with Gasteiger partial charge in [0.15, 0.2) is 6.61 Å². The van der Waals surface area contributed by atoms with Gasteiger partial charge in [-0.25, -0.2) is 9.59 Å². The molecule has 0 saturated carbocycles. The average Bonchev–Trinajstić information content (AvgIpc) is 2.67. The lowest BCUT2D eigenvalue weighted by atomic mass is 10.3. The molecule has 0 aliphatic carbocycles. The minimum absolute atomic E-state index is 0.147. The topological polar surface area (TPSA) is 99.5 Å². The molecule has 8 nitrogen and oxygen atoms in total. The van der Waals surface area contributed by atoms with E-state index in [2.05, 4.69) is 9.84 Å². The van der Waals surface area contributed by atoms with Gasteiger partial charge in [0, 0.05) is 12.7 Å². The summed E-state index contributed by atoms with van der Waals surface area (Å²) in [5.41, 5.74) is 0.891. The molecular weight excluding hydrogens is 254 g/mol. The smallest absolute Gasteiger partial charge is 0.413 e. The van der Waals surface area contributed by atoms with Gasteiger partial charge in [0.05, 0.1) is 12.8 Å². The van der Waals surface area contributed by atoms with E-state index >= 15 is 0 Å². The molecule has 0 fully saturated rings. The Morgan fingerprint density at radius 1 is 1.37 bits per heavy atom. The molecule has 1 N–H and O–H groups in total. The molecule has 19 heavy (non-hydrogen) atoms. The number of nitrogens with zero attached hydrogens (tertiary/aromatic N) is 2. The molecule has 0 radical (unpaired) electrons. The maximum atomic E-state index is 11.6. The van der Waals surface area contributed by atoms with E-state index in [1.54, 1.807) is 20.9 Å². The fraction of sp³-hybridized carbons (Fsp3) is 0.455. The van der Waals surface area contributed by atoms with Crippen LogP contribution in [0.4, 0.5) is 4.79 Å². The summed E-state index contributed by atoms with van der Waals surface area (Å²) < 4.78 is 10.8. The summed E-state index contributed by atoms with van der Waals surface area (Å²) in [6, 6.07) is 0. The number of rotatable bonds is 4. The number of carbonyl (C=O) groups excluding carboxylic acids is 3. The zero-order chi connectivity index (χ0) is 14.4. The third-order valence-electron chi connectivity index (χ3n) is 2.31. The first kappa shape index (κ1) is 14.7. The molecule has 0 atom stereocenters. The summed E-state index contributed by atoms with van der Waals surface area (Å²) in [6.07, 6.45) is 0.474. The Hall–Kier alpha value is -2.38. The van der Waals surface area contributed by atoms with Crippen LogP contribution < -0.4 is 5.32 Å². The van der Waals surface area contributed by atoms with E-state index in [0.29, 0.717) is 5.69 Å². The Labute approximate surface area is 109 Å². The van der Waals surface area contributed by atoms with Crippen molar-refractivity contribution in [3.05, 3.63) is 17.5 Å². The number of ether oxygens (including phenoxy) is 2. The van der Waals surface area contributed by atoms with Crippen LogP contribution in [0.25, 0.3) is 0 Å². The van der Waals surface area contributed by atoms with Crippen molar-refractivity contribution in [1.29, 1.82) is 0 Å². The van der Waals surface area contributed by atoms with Gasteiger partial charge in [-0.2, -0.15) is 5.10 Å². The monoisotopic (exact) mass is 269 g/mol. The molecule has 8 heteroatoms. The van der Waals surface area contributed by atoms with Crippen LogP contribution in [0, 0.1) is 6.92 Å². The first-order valence-electron chi connectivity index (χ1n) is 5.58. The molecule has 0 saturated heterocycles. The number of alkyl carbamates (subject to hydrolysis) is 1. The first-order valence-corrected chi connectivity index (χ1v) is 5.58. The van der Waals surface area contributed by atoms with Crippen LogP contribution in [0.1, 0.15) is 23.0 Å². The van der Waals surface area contributed by atoms with Crippen LogP contribution in [0.15, 0.2) is 6.20 Å². The third-order valence-corrected chi connectivity index (χ3v) is 2.31. The molecule has 1 aromatic heterocycles. The zero-order valence-corrected chi connectivity index (χ0v) is 10.9. The van der Waals surface area contributed by atoms with E-state index in [-0.39, 0.29) is 12.2 Å². The van der Waals surface area contributed by atoms with Crippen molar-refractivity contribution in [3.8, 4) is 0 Å². The highest BCUT2D eigenvalue weighted by Crippen LogP contribution is 2.06. The molecule has 1 aromatic rings. The molecule has 0 aliphatic heterocycles. The van der Waals surface area contributed by atoms with Gasteiger partial charge in [0.25, 0.3) is 5.91 Å². The minimum Gasteiger partial charge on any atom is -0.452 e. The maximum absolute atomic E-state index is 11.6. The molecule has 104 valence electrons. The van der Waals surface area contributed by atoms with Crippen LogP contribution in [0.5, 0.6) is 0 Å². The van der Waals surface area contributed by atoms with Crippen LogP contribution in [-0.2, 0) is 21.3 Å². The maximum Gasteiger partial charge on any atom is 0.413 e. The number of hydrogen-bond acceptors (Lipinski definition) is 6. The summed E-state index contributed by atoms with van der Waals surface area (Å²) in [4.78, 5) is 33.8. The van der Waals surface area contributed by atoms with Crippen molar-refractivity contribution < 1.29 is 23.9 Å². The predicted octanol–water partition coefficient (Wildman–Crippen LogP) is 0.158. The Kier molecular flexibility index (Phi) is 5.04. The van der Waals surface area contributed by atoms with Crippen molar-refractivity contribution in [2.75, 3.05) is 13.2 Å². The van der Waals surface area contributed by atoms with Gasteiger partial charge in [-0.3, -0.25) is 14.8 Å².